The molecule has 0 unspecified atom stereocenters. The lowest BCUT2D eigenvalue weighted by molar-refractivity contribution is 0.970. The maximum absolute atomic E-state index is 5.28. The van der Waals surface area contributed by atoms with Gasteiger partial charge in [-0.2, -0.15) is 0 Å². The van der Waals surface area contributed by atoms with Crippen LogP contribution in [0.2, 0.25) is 0 Å². The van der Waals surface area contributed by atoms with Gasteiger partial charge < -0.3 is 0 Å². The summed E-state index contributed by atoms with van der Waals surface area (Å²) in [6.45, 7) is 0. The molecule has 0 aliphatic rings. The van der Waals surface area contributed by atoms with Gasteiger partial charge in [-0.05, 0) is 0 Å². The van der Waals surface area contributed by atoms with Crippen LogP contribution < -0.4 is 11.3 Å². The number of benzene rings is 1. The van der Waals surface area contributed by atoms with Crippen molar-refractivity contribution in [1.82, 2.24) is 14.6 Å². The first kappa shape index (κ1) is 9.32. The average Bonchev–Trinajstić information content (AvgIpc) is 2.87. The van der Waals surface area contributed by atoms with Crippen LogP contribution >= 0.6 is 11.3 Å². The molecule has 0 amide bonds. The van der Waals surface area contributed by atoms with Crippen molar-refractivity contribution in [3.05, 3.63) is 36.5 Å². The monoisotopic (exact) mass is 231 g/mol. The van der Waals surface area contributed by atoms with Gasteiger partial charge in [-0.15, -0.1) is 5.10 Å². The molecule has 2 aromatic heterocycles. The second-order valence-electron chi connectivity index (χ2n) is 3.27. The molecular weight excluding hydrogens is 222 g/mol. The Kier molecular flexibility index (Phi) is 2.09. The summed E-state index contributed by atoms with van der Waals surface area (Å²) >= 11 is 1.42. The summed E-state index contributed by atoms with van der Waals surface area (Å²) < 4.78 is 1.72. The molecule has 0 saturated heterocycles. The van der Waals surface area contributed by atoms with Gasteiger partial charge in [0.1, 0.15) is 0 Å². The average molecular weight is 231 g/mol. The number of hydrogen-bond acceptors (Lipinski definition) is 5. The molecule has 0 saturated carbocycles. The molecule has 0 fully saturated rings. The highest BCUT2D eigenvalue weighted by Gasteiger charge is 2.08. The van der Waals surface area contributed by atoms with E-state index in [0.717, 1.165) is 16.2 Å². The van der Waals surface area contributed by atoms with Crippen molar-refractivity contribution in [2.45, 2.75) is 0 Å². The number of aromatic nitrogens is 3. The fraction of sp³-hybridized carbons (Fsp3) is 0. The first-order chi connectivity index (χ1) is 7.86. The van der Waals surface area contributed by atoms with Crippen LogP contribution in [0.4, 0.5) is 5.13 Å². The lowest BCUT2D eigenvalue weighted by Crippen LogP contribution is -2.06. The van der Waals surface area contributed by atoms with Crippen molar-refractivity contribution in [2.24, 2.45) is 5.84 Å². The van der Waals surface area contributed by atoms with Crippen LogP contribution in [0.15, 0.2) is 36.5 Å². The Morgan fingerprint density at radius 2 is 2.06 bits per heavy atom. The van der Waals surface area contributed by atoms with Gasteiger partial charge in [-0.1, -0.05) is 41.7 Å². The second kappa shape index (κ2) is 3.58. The molecule has 3 aromatic rings. The Labute approximate surface area is 95.5 Å². The lowest BCUT2D eigenvalue weighted by Gasteiger charge is -1.93. The SMILES string of the molecule is NNc1nn2cc(-c3ccccc3)nc2s1. The molecule has 0 aliphatic carbocycles. The Morgan fingerprint density at radius 3 is 2.75 bits per heavy atom. The van der Waals surface area contributed by atoms with E-state index in [-0.39, 0.29) is 0 Å². The number of imidazole rings is 1. The third kappa shape index (κ3) is 1.44. The molecule has 16 heavy (non-hydrogen) atoms. The third-order valence-corrected chi connectivity index (χ3v) is 3.09. The van der Waals surface area contributed by atoms with E-state index >= 15 is 0 Å². The number of nitrogens with two attached hydrogens (primary N) is 1. The minimum Gasteiger partial charge on any atom is -0.298 e. The van der Waals surface area contributed by atoms with Crippen LogP contribution in [0.25, 0.3) is 16.2 Å². The highest BCUT2D eigenvalue weighted by atomic mass is 32.1. The number of nitrogen functional groups attached to an aromatic ring is 1. The lowest BCUT2D eigenvalue weighted by atomic mass is 10.2. The summed E-state index contributed by atoms with van der Waals surface area (Å²) in [5.74, 6) is 5.28. The number of anilines is 1. The number of nitrogens with zero attached hydrogens (tertiary/aromatic N) is 3. The quantitative estimate of drug-likeness (QED) is 0.520. The largest absolute Gasteiger partial charge is 0.298 e. The van der Waals surface area contributed by atoms with Crippen molar-refractivity contribution in [3.63, 3.8) is 0 Å². The smallest absolute Gasteiger partial charge is 0.219 e. The predicted molar refractivity (Wildman–Crippen MR) is 64.1 cm³/mol. The van der Waals surface area contributed by atoms with Crippen LogP contribution in [0.3, 0.4) is 0 Å². The first-order valence-corrected chi connectivity index (χ1v) is 5.57. The van der Waals surface area contributed by atoms with Crippen LogP contribution in [-0.4, -0.2) is 14.6 Å². The zero-order chi connectivity index (χ0) is 11.0. The maximum atomic E-state index is 5.28. The van der Waals surface area contributed by atoms with Gasteiger partial charge in [0, 0.05) is 5.56 Å². The molecule has 6 heteroatoms. The van der Waals surface area contributed by atoms with Crippen molar-refractivity contribution in [3.8, 4) is 11.3 Å². The van der Waals surface area contributed by atoms with E-state index in [1.54, 1.807) is 4.52 Å². The summed E-state index contributed by atoms with van der Waals surface area (Å²) in [5.41, 5.74) is 4.51. The van der Waals surface area contributed by atoms with Crippen molar-refractivity contribution in [2.75, 3.05) is 5.43 Å². The summed E-state index contributed by atoms with van der Waals surface area (Å²) in [6.07, 6.45) is 1.89. The minimum absolute atomic E-state index is 0.655. The van der Waals surface area contributed by atoms with E-state index in [4.69, 9.17) is 5.84 Å². The number of hydrogen-bond donors (Lipinski definition) is 2. The highest BCUT2D eigenvalue weighted by Crippen LogP contribution is 2.23. The molecule has 0 bridgehead atoms. The van der Waals surface area contributed by atoms with Gasteiger partial charge in [0.2, 0.25) is 10.1 Å². The van der Waals surface area contributed by atoms with Crippen LogP contribution in [0, 0.1) is 0 Å². The van der Waals surface area contributed by atoms with E-state index < -0.39 is 0 Å². The number of hydrazine groups is 1. The molecular formula is C10H9N5S. The third-order valence-electron chi connectivity index (χ3n) is 2.24. The number of fused-ring (bicyclic) bond motifs is 1. The molecule has 5 nitrogen and oxygen atoms in total. The molecule has 3 N–H and O–H groups in total. The summed E-state index contributed by atoms with van der Waals surface area (Å²) in [6, 6.07) is 10.0. The van der Waals surface area contributed by atoms with Gasteiger partial charge in [0.25, 0.3) is 0 Å². The van der Waals surface area contributed by atoms with Gasteiger partial charge in [0.15, 0.2) is 0 Å². The van der Waals surface area contributed by atoms with Gasteiger partial charge >= 0.3 is 0 Å². The normalized spacial score (nSPS) is 10.8. The van der Waals surface area contributed by atoms with Gasteiger partial charge in [-0.25, -0.2) is 15.3 Å². The Bertz CT molecular complexity index is 581. The summed E-state index contributed by atoms with van der Waals surface area (Å²) in [5, 5.41) is 4.87. The molecule has 3 rings (SSSR count). The fourth-order valence-electron chi connectivity index (χ4n) is 1.51. The van der Waals surface area contributed by atoms with Crippen molar-refractivity contribution >= 4 is 21.4 Å². The van der Waals surface area contributed by atoms with Crippen molar-refractivity contribution < 1.29 is 0 Å². The first-order valence-electron chi connectivity index (χ1n) is 4.75. The van der Waals surface area contributed by atoms with E-state index in [1.807, 2.05) is 36.5 Å². The summed E-state index contributed by atoms with van der Waals surface area (Å²) in [7, 11) is 0. The van der Waals surface area contributed by atoms with Gasteiger partial charge in [-0.3, -0.25) is 5.43 Å². The van der Waals surface area contributed by atoms with Gasteiger partial charge in [0.05, 0.1) is 11.9 Å². The summed E-state index contributed by atoms with van der Waals surface area (Å²) in [4.78, 5) is 5.30. The molecule has 0 radical (unpaired) electrons. The highest BCUT2D eigenvalue weighted by molar-refractivity contribution is 7.20. The standard InChI is InChI=1S/C10H9N5S/c11-13-9-14-15-6-8(12-10(15)16-9)7-4-2-1-3-5-7/h1-6H,11H2,(H,13,14). The van der Waals surface area contributed by atoms with E-state index in [2.05, 4.69) is 15.5 Å². The number of rotatable bonds is 2. The van der Waals surface area contributed by atoms with Crippen molar-refractivity contribution in [1.29, 1.82) is 0 Å². The van der Waals surface area contributed by atoms with E-state index in [0.29, 0.717) is 5.13 Å². The zero-order valence-electron chi connectivity index (χ0n) is 8.29. The Balaban J connectivity index is 2.10. The molecule has 1 aromatic carbocycles. The van der Waals surface area contributed by atoms with Crippen LogP contribution in [-0.2, 0) is 0 Å². The zero-order valence-corrected chi connectivity index (χ0v) is 9.11. The topological polar surface area (TPSA) is 68.2 Å². The predicted octanol–water partition coefficient (Wildman–Crippen LogP) is 1.74. The molecule has 0 spiro atoms. The van der Waals surface area contributed by atoms with Crippen LogP contribution in [0.1, 0.15) is 0 Å². The Hall–Kier alpha value is -1.92. The van der Waals surface area contributed by atoms with Crippen LogP contribution in [0.5, 0.6) is 0 Å². The molecule has 2 heterocycles. The maximum Gasteiger partial charge on any atom is 0.219 e. The second-order valence-corrected chi connectivity index (χ2v) is 4.23. The Morgan fingerprint density at radius 1 is 1.25 bits per heavy atom. The van der Waals surface area contributed by atoms with E-state index in [9.17, 15) is 0 Å². The molecule has 0 aliphatic heterocycles. The minimum atomic E-state index is 0.655. The number of nitrogens with one attached hydrogen (secondary N) is 1. The fourth-order valence-corrected chi connectivity index (χ4v) is 2.20. The van der Waals surface area contributed by atoms with E-state index in [1.165, 1.54) is 11.3 Å². The molecule has 0 atom stereocenters. The molecule has 80 valence electrons.